The molecule has 3 amide bonds. The van der Waals surface area contributed by atoms with Gasteiger partial charge in [-0.25, -0.2) is 9.59 Å². The molecule has 184 valence electrons. The van der Waals surface area contributed by atoms with Gasteiger partial charge in [-0.05, 0) is 37.1 Å². The summed E-state index contributed by atoms with van der Waals surface area (Å²) in [6.45, 7) is 4.18. The van der Waals surface area contributed by atoms with Crippen LogP contribution in [0.25, 0.3) is 0 Å². The smallest absolute Gasteiger partial charge is 0.337 e. The summed E-state index contributed by atoms with van der Waals surface area (Å²) in [5.41, 5.74) is 1.57. The molecule has 1 unspecified atom stereocenters. The Morgan fingerprint density at radius 2 is 2.00 bits per heavy atom. The first-order valence-electron chi connectivity index (χ1n) is 10.9. The van der Waals surface area contributed by atoms with E-state index in [1.54, 1.807) is 31.2 Å². The molecule has 0 radical (unpaired) electrons. The average molecular weight is 501 g/mol. The third-order valence-corrected chi connectivity index (χ3v) is 5.94. The molecule has 0 saturated heterocycles. The number of unbranched alkanes of at least 4 members (excludes halogenated alkanes) is 1. The van der Waals surface area contributed by atoms with E-state index in [2.05, 4.69) is 10.6 Å². The Morgan fingerprint density at radius 3 is 2.63 bits per heavy atom. The monoisotopic (exact) mass is 500 g/mol. The number of ether oxygens (including phenoxy) is 1. The molecule has 1 aliphatic heterocycles. The minimum absolute atomic E-state index is 0.0613. The van der Waals surface area contributed by atoms with Gasteiger partial charge in [-0.1, -0.05) is 37.1 Å². The number of halogens is 1. The van der Waals surface area contributed by atoms with E-state index in [0.717, 1.165) is 18.9 Å². The fourth-order valence-electron chi connectivity index (χ4n) is 3.79. The third-order valence-electron chi connectivity index (χ3n) is 5.62. The summed E-state index contributed by atoms with van der Waals surface area (Å²) in [5.74, 6) is -1.14. The molecule has 0 aliphatic carbocycles. The number of hydrogen-bond donors (Lipinski definition) is 2. The van der Waals surface area contributed by atoms with Crippen molar-refractivity contribution in [2.45, 2.75) is 32.7 Å². The molecule has 0 bridgehead atoms. The van der Waals surface area contributed by atoms with E-state index >= 15 is 0 Å². The first-order chi connectivity index (χ1) is 16.7. The minimum atomic E-state index is -0.785. The van der Waals surface area contributed by atoms with Crippen molar-refractivity contribution in [3.63, 3.8) is 0 Å². The molecule has 0 aromatic heterocycles. The molecule has 11 heteroatoms. The summed E-state index contributed by atoms with van der Waals surface area (Å²) < 4.78 is 4.99. The highest BCUT2D eigenvalue weighted by molar-refractivity contribution is 6.34. The number of anilines is 1. The molecule has 1 aliphatic rings. The van der Waals surface area contributed by atoms with Gasteiger partial charge in [0, 0.05) is 30.1 Å². The van der Waals surface area contributed by atoms with E-state index in [0.29, 0.717) is 29.1 Å². The van der Waals surface area contributed by atoms with Crippen LogP contribution in [-0.4, -0.2) is 41.4 Å². The molecule has 35 heavy (non-hydrogen) atoms. The topological polar surface area (TPSA) is 131 Å². The van der Waals surface area contributed by atoms with Crippen LogP contribution in [0, 0.1) is 10.1 Å². The number of urea groups is 1. The number of nitro groups is 1. The van der Waals surface area contributed by atoms with Gasteiger partial charge in [-0.2, -0.15) is 0 Å². The molecule has 1 heterocycles. The fraction of sp³-hybridized carbons (Fsp3) is 0.292. The highest BCUT2D eigenvalue weighted by Gasteiger charge is 2.36. The highest BCUT2D eigenvalue weighted by atomic mass is 35.5. The number of carbonyl (C=O) groups excluding carboxylic acids is 3. The first kappa shape index (κ1) is 25.7. The maximum Gasteiger partial charge on any atom is 0.337 e. The van der Waals surface area contributed by atoms with Crippen LogP contribution in [0.5, 0.6) is 0 Å². The number of non-ortho nitro benzene ring substituents is 1. The van der Waals surface area contributed by atoms with Gasteiger partial charge >= 0.3 is 12.0 Å². The van der Waals surface area contributed by atoms with Crippen LogP contribution in [0.2, 0.25) is 5.02 Å². The average Bonchev–Trinajstić information content (AvgIpc) is 2.83. The molecular weight excluding hydrogens is 476 g/mol. The van der Waals surface area contributed by atoms with Crippen molar-refractivity contribution in [1.29, 1.82) is 0 Å². The lowest BCUT2D eigenvalue weighted by Crippen LogP contribution is -2.48. The van der Waals surface area contributed by atoms with Crippen molar-refractivity contribution < 1.29 is 24.0 Å². The predicted molar refractivity (Wildman–Crippen MR) is 130 cm³/mol. The number of nitrogens with one attached hydrogen (secondary N) is 2. The Bertz CT molecular complexity index is 1210. The first-order valence-corrected chi connectivity index (χ1v) is 11.3. The number of amides is 3. The van der Waals surface area contributed by atoms with E-state index in [1.165, 1.54) is 24.1 Å². The van der Waals surface area contributed by atoms with Crippen molar-refractivity contribution in [3.05, 3.63) is 80.0 Å². The van der Waals surface area contributed by atoms with E-state index in [4.69, 9.17) is 16.3 Å². The van der Waals surface area contributed by atoms with Gasteiger partial charge < -0.3 is 15.4 Å². The zero-order valence-corrected chi connectivity index (χ0v) is 20.2. The minimum Gasteiger partial charge on any atom is -0.466 e. The van der Waals surface area contributed by atoms with Crippen LogP contribution in [0.15, 0.2) is 53.7 Å². The number of rotatable bonds is 8. The summed E-state index contributed by atoms with van der Waals surface area (Å²) in [5, 5.41) is 16.4. The van der Waals surface area contributed by atoms with Gasteiger partial charge in [-0.3, -0.25) is 19.8 Å². The largest absolute Gasteiger partial charge is 0.466 e. The second-order valence-electron chi connectivity index (χ2n) is 7.88. The maximum absolute atomic E-state index is 12.8. The Balaban J connectivity index is 1.91. The van der Waals surface area contributed by atoms with Crippen molar-refractivity contribution in [1.82, 2.24) is 10.2 Å². The van der Waals surface area contributed by atoms with Crippen LogP contribution in [-0.2, 0) is 9.53 Å². The van der Waals surface area contributed by atoms with Crippen LogP contribution in [0.1, 0.15) is 48.7 Å². The number of nitro benzene ring substituents is 1. The number of carbonyl (C=O) groups is 3. The lowest BCUT2D eigenvalue weighted by Gasteiger charge is -2.35. The van der Waals surface area contributed by atoms with Crippen LogP contribution in [0.3, 0.4) is 0 Å². The second-order valence-corrected chi connectivity index (χ2v) is 8.29. The predicted octanol–water partition coefficient (Wildman–Crippen LogP) is 4.81. The van der Waals surface area contributed by atoms with Gasteiger partial charge in [0.25, 0.3) is 11.6 Å². The molecule has 3 rings (SSSR count). The van der Waals surface area contributed by atoms with Gasteiger partial charge in [-0.15, -0.1) is 0 Å². The quantitative estimate of drug-likeness (QED) is 0.303. The number of hydrogen-bond acceptors (Lipinski definition) is 6. The highest BCUT2D eigenvalue weighted by Crippen LogP contribution is 2.33. The van der Waals surface area contributed by atoms with Crippen LogP contribution < -0.4 is 10.6 Å². The Morgan fingerprint density at radius 1 is 1.26 bits per heavy atom. The van der Waals surface area contributed by atoms with Gasteiger partial charge in [0.05, 0.1) is 34.2 Å². The Kier molecular flexibility index (Phi) is 8.08. The maximum atomic E-state index is 12.8. The molecule has 0 spiro atoms. The number of benzene rings is 2. The summed E-state index contributed by atoms with van der Waals surface area (Å²) in [6.07, 6.45) is 1.66. The molecule has 2 aromatic rings. The Hall–Kier alpha value is -3.92. The van der Waals surface area contributed by atoms with E-state index in [-0.39, 0.29) is 22.3 Å². The molecule has 10 nitrogen and oxygen atoms in total. The van der Waals surface area contributed by atoms with E-state index < -0.39 is 22.8 Å². The molecular formula is C24H25ClN4O6. The van der Waals surface area contributed by atoms with Crippen molar-refractivity contribution >= 4 is 40.9 Å². The number of esters is 1. The van der Waals surface area contributed by atoms with E-state index in [1.807, 2.05) is 6.92 Å². The van der Waals surface area contributed by atoms with Crippen LogP contribution in [0.4, 0.5) is 16.2 Å². The summed E-state index contributed by atoms with van der Waals surface area (Å²) in [6, 6.07) is 9.09. The SMILES string of the molecule is CCCCN1C(=O)NC(c2cccc(NC(=O)c3ccc([N+](=O)[O-])cc3Cl)c2)C(C(=O)OC)=C1C. The van der Waals surface area contributed by atoms with Crippen molar-refractivity contribution in [2.24, 2.45) is 0 Å². The molecule has 2 N–H and O–H groups in total. The zero-order valence-electron chi connectivity index (χ0n) is 19.5. The van der Waals surface area contributed by atoms with Crippen LogP contribution >= 0.6 is 11.6 Å². The molecule has 0 saturated carbocycles. The van der Waals surface area contributed by atoms with Crippen molar-refractivity contribution in [2.75, 3.05) is 19.0 Å². The van der Waals surface area contributed by atoms with Crippen molar-refractivity contribution in [3.8, 4) is 0 Å². The van der Waals surface area contributed by atoms with Gasteiger partial charge in [0.15, 0.2) is 0 Å². The summed E-state index contributed by atoms with van der Waals surface area (Å²) >= 11 is 6.06. The second kappa shape index (κ2) is 11.0. The number of methoxy groups -OCH3 is 1. The standard InChI is InChI=1S/C24H25ClN4O6/c1-4-5-11-28-14(2)20(23(31)35-3)21(27-24(28)32)15-7-6-8-16(12-15)26-22(30)18-10-9-17(29(33)34)13-19(18)25/h6-10,12-13,21H,4-5,11H2,1-3H3,(H,26,30)(H,27,32). The molecule has 0 fully saturated rings. The number of nitrogens with zero attached hydrogens (tertiary/aromatic N) is 2. The van der Waals surface area contributed by atoms with E-state index in [9.17, 15) is 24.5 Å². The normalized spacial score (nSPS) is 15.5. The summed E-state index contributed by atoms with van der Waals surface area (Å²) in [4.78, 5) is 50.0. The lowest BCUT2D eigenvalue weighted by molar-refractivity contribution is -0.384. The fourth-order valence-corrected chi connectivity index (χ4v) is 4.05. The lowest BCUT2D eigenvalue weighted by atomic mass is 9.94. The number of allylic oxidation sites excluding steroid dienone is 1. The summed E-state index contributed by atoms with van der Waals surface area (Å²) in [7, 11) is 1.27. The molecule has 2 aromatic carbocycles. The van der Waals surface area contributed by atoms with Gasteiger partial charge in [0.2, 0.25) is 0 Å². The van der Waals surface area contributed by atoms with Gasteiger partial charge in [0.1, 0.15) is 0 Å². The molecule has 1 atom stereocenters. The zero-order chi connectivity index (χ0) is 25.7. The Labute approximate surface area is 207 Å². The third kappa shape index (κ3) is 5.60.